The zero-order valence-electron chi connectivity index (χ0n) is 14.6. The first kappa shape index (κ1) is 18.7. The van der Waals surface area contributed by atoms with E-state index in [1.54, 1.807) is 31.0 Å². The van der Waals surface area contributed by atoms with Crippen LogP contribution in [0.3, 0.4) is 0 Å². The molecule has 0 spiro atoms. The van der Waals surface area contributed by atoms with Crippen LogP contribution in [-0.2, 0) is 11.8 Å². The van der Waals surface area contributed by atoms with Crippen LogP contribution in [0, 0.1) is 5.82 Å². The van der Waals surface area contributed by atoms with Crippen LogP contribution in [-0.4, -0.2) is 23.3 Å². The minimum Gasteiger partial charge on any atom is -0.495 e. The SMILES string of the molecule is COc1cccc2sc(=NC(=O)CCCSc3ccc(F)cc3)n(C)c12. The zero-order valence-corrected chi connectivity index (χ0v) is 16.2. The maximum absolute atomic E-state index is 12.9. The summed E-state index contributed by atoms with van der Waals surface area (Å²) in [6.07, 6.45) is 1.11. The standard InChI is InChI=1S/C19H19FN2O2S2/c1-22-18-15(24-2)5-3-6-16(18)26-19(22)21-17(23)7-4-12-25-14-10-8-13(20)9-11-14/h3,5-6,8-11H,4,7,12H2,1-2H3. The van der Waals surface area contributed by atoms with Crippen molar-refractivity contribution in [3.8, 4) is 5.75 Å². The number of fused-ring (bicyclic) bond motifs is 1. The van der Waals surface area contributed by atoms with Crippen LogP contribution < -0.4 is 9.54 Å². The van der Waals surface area contributed by atoms with Gasteiger partial charge >= 0.3 is 0 Å². The Morgan fingerprint density at radius 3 is 2.77 bits per heavy atom. The van der Waals surface area contributed by atoms with Crippen molar-refractivity contribution in [3.63, 3.8) is 0 Å². The lowest BCUT2D eigenvalue weighted by Gasteiger charge is -2.03. The highest BCUT2D eigenvalue weighted by molar-refractivity contribution is 7.99. The number of nitrogens with zero attached hydrogens (tertiary/aromatic N) is 2. The second-order valence-electron chi connectivity index (χ2n) is 5.66. The van der Waals surface area contributed by atoms with Crippen molar-refractivity contribution in [1.82, 2.24) is 4.57 Å². The van der Waals surface area contributed by atoms with Crippen LogP contribution in [0.2, 0.25) is 0 Å². The summed E-state index contributed by atoms with van der Waals surface area (Å²) >= 11 is 3.08. The van der Waals surface area contributed by atoms with Gasteiger partial charge in [0.1, 0.15) is 17.1 Å². The number of carbonyl (C=O) groups excluding carboxylic acids is 1. The highest BCUT2D eigenvalue weighted by Gasteiger charge is 2.09. The predicted octanol–water partition coefficient (Wildman–Crippen LogP) is 4.39. The molecule has 1 aromatic heterocycles. The lowest BCUT2D eigenvalue weighted by atomic mass is 10.3. The zero-order chi connectivity index (χ0) is 18.5. The number of amides is 1. The highest BCUT2D eigenvalue weighted by Crippen LogP contribution is 2.26. The molecule has 1 heterocycles. The van der Waals surface area contributed by atoms with Crippen molar-refractivity contribution in [1.29, 1.82) is 0 Å². The molecule has 0 radical (unpaired) electrons. The lowest BCUT2D eigenvalue weighted by molar-refractivity contribution is -0.118. The van der Waals surface area contributed by atoms with Gasteiger partial charge in [0.2, 0.25) is 5.91 Å². The summed E-state index contributed by atoms with van der Waals surface area (Å²) in [5.74, 6) is 1.19. The molecule has 4 nitrogen and oxygen atoms in total. The van der Waals surface area contributed by atoms with E-state index in [0.29, 0.717) is 11.2 Å². The van der Waals surface area contributed by atoms with Gasteiger partial charge in [0, 0.05) is 18.4 Å². The first-order chi connectivity index (χ1) is 12.6. The van der Waals surface area contributed by atoms with E-state index in [1.807, 2.05) is 29.8 Å². The van der Waals surface area contributed by atoms with Crippen LogP contribution in [0.5, 0.6) is 5.75 Å². The third kappa shape index (κ3) is 4.34. The number of thiazole rings is 1. The van der Waals surface area contributed by atoms with E-state index >= 15 is 0 Å². The maximum atomic E-state index is 12.9. The van der Waals surface area contributed by atoms with E-state index in [-0.39, 0.29) is 11.7 Å². The van der Waals surface area contributed by atoms with Crippen LogP contribution >= 0.6 is 23.1 Å². The minimum atomic E-state index is -0.240. The van der Waals surface area contributed by atoms with Crippen molar-refractivity contribution < 1.29 is 13.9 Å². The van der Waals surface area contributed by atoms with Crippen molar-refractivity contribution >= 4 is 39.2 Å². The van der Waals surface area contributed by atoms with Gasteiger partial charge in [-0.1, -0.05) is 17.4 Å². The number of para-hydroxylation sites is 1. The minimum absolute atomic E-state index is 0.133. The number of aryl methyl sites for hydroxylation is 1. The number of aromatic nitrogens is 1. The van der Waals surface area contributed by atoms with Gasteiger partial charge in [-0.3, -0.25) is 4.79 Å². The number of ether oxygens (including phenoxy) is 1. The molecule has 0 saturated carbocycles. The fourth-order valence-electron chi connectivity index (χ4n) is 2.55. The topological polar surface area (TPSA) is 43.6 Å². The number of carbonyl (C=O) groups is 1. The van der Waals surface area contributed by atoms with Crippen LogP contribution in [0.15, 0.2) is 52.4 Å². The van der Waals surface area contributed by atoms with E-state index in [0.717, 1.165) is 33.0 Å². The second kappa shape index (κ2) is 8.51. The number of rotatable bonds is 6. The molecule has 3 aromatic rings. The third-order valence-corrected chi connectivity index (χ3v) is 6.04. The van der Waals surface area contributed by atoms with Gasteiger partial charge in [-0.2, -0.15) is 4.99 Å². The number of hydrogen-bond acceptors (Lipinski definition) is 4. The maximum Gasteiger partial charge on any atom is 0.248 e. The summed E-state index contributed by atoms with van der Waals surface area (Å²) in [4.78, 5) is 18.1. The first-order valence-corrected chi connectivity index (χ1v) is 9.97. The molecule has 0 bridgehead atoms. The Morgan fingerprint density at radius 2 is 2.04 bits per heavy atom. The van der Waals surface area contributed by atoms with Crippen LogP contribution in [0.25, 0.3) is 10.2 Å². The Hall–Kier alpha value is -2.12. The fraction of sp³-hybridized carbons (Fsp3) is 0.263. The Balaban J connectivity index is 1.63. The number of methoxy groups -OCH3 is 1. The summed E-state index contributed by atoms with van der Waals surface area (Å²) < 4.78 is 21.2. The van der Waals surface area contributed by atoms with E-state index in [1.165, 1.54) is 23.5 Å². The number of halogens is 1. The average Bonchev–Trinajstić information content (AvgIpc) is 2.96. The summed E-state index contributed by atoms with van der Waals surface area (Å²) in [5.41, 5.74) is 0.943. The number of thioether (sulfide) groups is 1. The van der Waals surface area contributed by atoms with E-state index < -0.39 is 0 Å². The normalized spacial score (nSPS) is 11.9. The quantitative estimate of drug-likeness (QED) is 0.463. The van der Waals surface area contributed by atoms with Gasteiger partial charge in [0.25, 0.3) is 0 Å². The summed E-state index contributed by atoms with van der Waals surface area (Å²) in [5, 5.41) is 0. The molecule has 26 heavy (non-hydrogen) atoms. The number of benzene rings is 2. The molecule has 1 amide bonds. The molecular formula is C19H19FN2O2S2. The van der Waals surface area contributed by atoms with Crippen molar-refractivity contribution in [2.24, 2.45) is 12.0 Å². The molecule has 3 rings (SSSR count). The lowest BCUT2D eigenvalue weighted by Crippen LogP contribution is -2.13. The van der Waals surface area contributed by atoms with Crippen LogP contribution in [0.4, 0.5) is 4.39 Å². The third-order valence-electron chi connectivity index (χ3n) is 3.84. The molecule has 0 aliphatic rings. The molecular weight excluding hydrogens is 371 g/mol. The molecule has 136 valence electrons. The van der Waals surface area contributed by atoms with E-state index in [9.17, 15) is 9.18 Å². The van der Waals surface area contributed by atoms with Gasteiger partial charge in [-0.25, -0.2) is 4.39 Å². The monoisotopic (exact) mass is 390 g/mol. The predicted molar refractivity (Wildman–Crippen MR) is 104 cm³/mol. The molecule has 0 atom stereocenters. The molecule has 0 aliphatic heterocycles. The Labute approximate surface area is 159 Å². The van der Waals surface area contributed by atoms with Gasteiger partial charge in [-0.15, -0.1) is 11.8 Å². The molecule has 0 aliphatic carbocycles. The Bertz CT molecular complexity index is 977. The summed E-state index contributed by atoms with van der Waals surface area (Å²) in [6.45, 7) is 0. The molecule has 0 unspecified atom stereocenters. The summed E-state index contributed by atoms with van der Waals surface area (Å²) in [6, 6.07) is 12.2. The Kier molecular flexibility index (Phi) is 6.11. The van der Waals surface area contributed by atoms with E-state index in [2.05, 4.69) is 4.99 Å². The van der Waals surface area contributed by atoms with Gasteiger partial charge < -0.3 is 9.30 Å². The molecule has 2 aromatic carbocycles. The van der Waals surface area contributed by atoms with Crippen molar-refractivity contribution in [2.75, 3.05) is 12.9 Å². The average molecular weight is 391 g/mol. The summed E-state index contributed by atoms with van der Waals surface area (Å²) in [7, 11) is 3.52. The molecule has 0 fully saturated rings. The first-order valence-electron chi connectivity index (χ1n) is 8.17. The van der Waals surface area contributed by atoms with Crippen LogP contribution in [0.1, 0.15) is 12.8 Å². The molecule has 0 saturated heterocycles. The Morgan fingerprint density at radius 1 is 1.27 bits per heavy atom. The highest BCUT2D eigenvalue weighted by atomic mass is 32.2. The van der Waals surface area contributed by atoms with Crippen molar-refractivity contribution in [3.05, 3.63) is 53.1 Å². The second-order valence-corrected chi connectivity index (χ2v) is 7.84. The molecule has 7 heteroatoms. The smallest absolute Gasteiger partial charge is 0.248 e. The number of hydrogen-bond donors (Lipinski definition) is 0. The molecule has 0 N–H and O–H groups in total. The van der Waals surface area contributed by atoms with Gasteiger partial charge in [-0.05, 0) is 48.6 Å². The fourth-order valence-corrected chi connectivity index (χ4v) is 4.45. The van der Waals surface area contributed by atoms with Crippen molar-refractivity contribution in [2.45, 2.75) is 17.7 Å². The largest absolute Gasteiger partial charge is 0.495 e. The van der Waals surface area contributed by atoms with Gasteiger partial charge in [0.05, 0.1) is 11.8 Å². The van der Waals surface area contributed by atoms with Gasteiger partial charge in [0.15, 0.2) is 4.80 Å². The van der Waals surface area contributed by atoms with E-state index in [4.69, 9.17) is 4.74 Å².